The average molecular weight is 190 g/mol. The molecule has 0 aliphatic heterocycles. The molecule has 0 aromatic rings. The van der Waals surface area contributed by atoms with Gasteiger partial charge in [0.1, 0.15) is 0 Å². The predicted molar refractivity (Wildman–Crippen MR) is 44.9 cm³/mol. The van der Waals surface area contributed by atoms with Crippen LogP contribution in [0.2, 0.25) is 0 Å². The van der Waals surface area contributed by atoms with Gasteiger partial charge in [-0.3, -0.25) is 0 Å². The fourth-order valence-corrected chi connectivity index (χ4v) is 0.460. The van der Waals surface area contributed by atoms with Gasteiger partial charge in [0, 0.05) is 7.11 Å². The highest BCUT2D eigenvalue weighted by Gasteiger charge is 1.89. The van der Waals surface area contributed by atoms with E-state index in [1.807, 2.05) is 0 Å². The molecule has 13 heavy (non-hydrogen) atoms. The number of ether oxygens (including phenoxy) is 4. The number of rotatable bonds is 7. The Hall–Kier alpha value is -1.07. The Morgan fingerprint density at radius 2 is 2.08 bits per heavy atom. The number of esters is 1. The molecule has 0 heterocycles. The number of methoxy groups -OCH3 is 2. The molecule has 0 fully saturated rings. The molecule has 0 aromatic heterocycles. The topological polar surface area (TPSA) is 54.0 Å². The quantitative estimate of drug-likeness (QED) is 0.190. The van der Waals surface area contributed by atoms with E-state index in [0.29, 0.717) is 13.2 Å². The Bertz CT molecular complexity index is 155. The minimum Gasteiger partial charge on any atom is -0.475 e. The first-order valence-electron chi connectivity index (χ1n) is 3.74. The molecule has 0 atom stereocenters. The Balaban J connectivity index is 3.15. The molecule has 0 spiro atoms. The van der Waals surface area contributed by atoms with E-state index in [0.717, 1.165) is 0 Å². The molecule has 0 rings (SSSR count). The zero-order valence-corrected chi connectivity index (χ0v) is 7.82. The molecule has 0 aliphatic carbocycles. The summed E-state index contributed by atoms with van der Waals surface area (Å²) in [6.45, 7) is 1.07. The van der Waals surface area contributed by atoms with Crippen LogP contribution in [0.25, 0.3) is 0 Å². The summed E-state index contributed by atoms with van der Waals surface area (Å²) < 4.78 is 18.8. The summed E-state index contributed by atoms with van der Waals surface area (Å²) in [6, 6.07) is 0. The van der Waals surface area contributed by atoms with Crippen LogP contribution in [-0.4, -0.2) is 40.2 Å². The molecule has 0 radical (unpaired) electrons. The standard InChI is InChI=1S/C8H14O5/c1-10-5-6-13-7-12-4-3-8(9)11-2/h3-4H,5-7H2,1-2H3/b4-3+. The highest BCUT2D eigenvalue weighted by Crippen LogP contribution is 1.83. The molecular formula is C8H14O5. The predicted octanol–water partition coefficient (Wildman–Crippen LogP) is 0.310. The van der Waals surface area contributed by atoms with E-state index >= 15 is 0 Å². The van der Waals surface area contributed by atoms with Crippen LogP contribution < -0.4 is 0 Å². The monoisotopic (exact) mass is 190 g/mol. The van der Waals surface area contributed by atoms with E-state index in [1.165, 1.54) is 19.4 Å². The smallest absolute Gasteiger partial charge is 0.333 e. The van der Waals surface area contributed by atoms with Gasteiger partial charge in [-0.25, -0.2) is 4.79 Å². The molecule has 5 nitrogen and oxygen atoms in total. The van der Waals surface area contributed by atoms with Crippen LogP contribution in [0.4, 0.5) is 0 Å². The summed E-state index contributed by atoms with van der Waals surface area (Å²) in [5.41, 5.74) is 0. The normalized spacial score (nSPS) is 10.3. The van der Waals surface area contributed by atoms with Gasteiger partial charge in [-0.2, -0.15) is 0 Å². The van der Waals surface area contributed by atoms with Crippen LogP contribution in [0.1, 0.15) is 0 Å². The van der Waals surface area contributed by atoms with Crippen molar-refractivity contribution in [2.24, 2.45) is 0 Å². The highest BCUT2D eigenvalue weighted by molar-refractivity contribution is 5.81. The summed E-state index contributed by atoms with van der Waals surface area (Å²) in [6.07, 6.45) is 2.39. The Morgan fingerprint density at radius 1 is 1.31 bits per heavy atom. The average Bonchev–Trinajstić information content (AvgIpc) is 2.16. The lowest BCUT2D eigenvalue weighted by Crippen LogP contribution is -2.03. The van der Waals surface area contributed by atoms with Crippen LogP contribution in [0.15, 0.2) is 12.3 Å². The summed E-state index contributed by atoms with van der Waals surface area (Å²) in [5.74, 6) is -0.461. The van der Waals surface area contributed by atoms with E-state index in [2.05, 4.69) is 4.74 Å². The maximum Gasteiger partial charge on any atom is 0.333 e. The van der Waals surface area contributed by atoms with Crippen molar-refractivity contribution < 1.29 is 23.7 Å². The maximum absolute atomic E-state index is 10.5. The van der Waals surface area contributed by atoms with Crippen LogP contribution in [0.5, 0.6) is 0 Å². The van der Waals surface area contributed by atoms with Crippen molar-refractivity contribution in [2.75, 3.05) is 34.2 Å². The second kappa shape index (κ2) is 9.02. The largest absolute Gasteiger partial charge is 0.475 e. The third-order valence-corrected chi connectivity index (χ3v) is 1.08. The lowest BCUT2D eigenvalue weighted by Gasteiger charge is -2.01. The molecule has 5 heteroatoms. The molecule has 0 N–H and O–H groups in total. The zero-order valence-electron chi connectivity index (χ0n) is 7.82. The first-order chi connectivity index (χ1) is 6.31. The van der Waals surface area contributed by atoms with Crippen molar-refractivity contribution in [1.29, 1.82) is 0 Å². The van der Waals surface area contributed by atoms with E-state index in [1.54, 1.807) is 7.11 Å². The second-order valence-electron chi connectivity index (χ2n) is 2.01. The van der Waals surface area contributed by atoms with Gasteiger partial charge < -0.3 is 18.9 Å². The molecule has 0 saturated carbocycles. The van der Waals surface area contributed by atoms with Gasteiger partial charge in [-0.05, 0) is 0 Å². The number of hydrogen-bond donors (Lipinski definition) is 0. The van der Waals surface area contributed by atoms with Gasteiger partial charge in [0.15, 0.2) is 6.79 Å². The van der Waals surface area contributed by atoms with E-state index in [4.69, 9.17) is 14.2 Å². The zero-order chi connectivity index (χ0) is 9.94. The summed E-state index contributed by atoms with van der Waals surface area (Å²) >= 11 is 0. The fraction of sp³-hybridized carbons (Fsp3) is 0.625. The SMILES string of the molecule is COCCOCO/C=C/C(=O)OC. The lowest BCUT2D eigenvalue weighted by atomic mass is 10.6. The van der Waals surface area contributed by atoms with Crippen molar-refractivity contribution in [3.63, 3.8) is 0 Å². The van der Waals surface area contributed by atoms with E-state index < -0.39 is 5.97 Å². The highest BCUT2D eigenvalue weighted by atomic mass is 16.7. The first kappa shape index (κ1) is 11.9. The Labute approximate surface area is 77.2 Å². The number of carbonyl (C=O) groups excluding carboxylic acids is 1. The molecule has 0 aromatic carbocycles. The van der Waals surface area contributed by atoms with Gasteiger partial charge in [0.2, 0.25) is 0 Å². The van der Waals surface area contributed by atoms with E-state index in [-0.39, 0.29) is 6.79 Å². The molecule has 0 amide bonds. The minimum absolute atomic E-state index is 0.0941. The van der Waals surface area contributed by atoms with Crippen molar-refractivity contribution >= 4 is 5.97 Å². The molecule has 0 bridgehead atoms. The number of carbonyl (C=O) groups is 1. The van der Waals surface area contributed by atoms with E-state index in [9.17, 15) is 4.79 Å². The molecule has 0 aliphatic rings. The van der Waals surface area contributed by atoms with Crippen LogP contribution >= 0.6 is 0 Å². The van der Waals surface area contributed by atoms with Gasteiger partial charge >= 0.3 is 5.97 Å². The van der Waals surface area contributed by atoms with Crippen molar-refractivity contribution in [1.82, 2.24) is 0 Å². The molecule has 76 valence electrons. The third-order valence-electron chi connectivity index (χ3n) is 1.08. The van der Waals surface area contributed by atoms with Gasteiger partial charge in [-0.1, -0.05) is 0 Å². The second-order valence-corrected chi connectivity index (χ2v) is 2.01. The van der Waals surface area contributed by atoms with Crippen LogP contribution in [0, 0.1) is 0 Å². The third kappa shape index (κ3) is 8.84. The summed E-state index contributed by atoms with van der Waals surface area (Å²) in [7, 11) is 2.88. The Kier molecular flexibility index (Phi) is 8.28. The van der Waals surface area contributed by atoms with Crippen molar-refractivity contribution in [3.8, 4) is 0 Å². The molecule has 0 unspecified atom stereocenters. The summed E-state index contributed by atoms with van der Waals surface area (Å²) in [5, 5.41) is 0. The Morgan fingerprint density at radius 3 is 2.69 bits per heavy atom. The van der Waals surface area contributed by atoms with Gasteiger partial charge in [0.25, 0.3) is 0 Å². The van der Waals surface area contributed by atoms with Crippen LogP contribution in [-0.2, 0) is 23.7 Å². The number of hydrogen-bond acceptors (Lipinski definition) is 5. The first-order valence-corrected chi connectivity index (χ1v) is 3.74. The van der Waals surface area contributed by atoms with Crippen LogP contribution in [0.3, 0.4) is 0 Å². The summed E-state index contributed by atoms with van der Waals surface area (Å²) in [4.78, 5) is 10.5. The maximum atomic E-state index is 10.5. The minimum atomic E-state index is -0.461. The molecule has 0 saturated heterocycles. The van der Waals surface area contributed by atoms with Gasteiger partial charge in [-0.15, -0.1) is 0 Å². The molecular weight excluding hydrogens is 176 g/mol. The van der Waals surface area contributed by atoms with Crippen molar-refractivity contribution in [3.05, 3.63) is 12.3 Å². The fourth-order valence-electron chi connectivity index (χ4n) is 0.460. The van der Waals surface area contributed by atoms with Crippen molar-refractivity contribution in [2.45, 2.75) is 0 Å². The van der Waals surface area contributed by atoms with Gasteiger partial charge in [0.05, 0.1) is 32.7 Å². The lowest BCUT2D eigenvalue weighted by molar-refractivity contribution is -0.135.